The molecule has 3 rings (SSSR count). The molecular formula is C15H9F3O3S. The summed E-state index contributed by atoms with van der Waals surface area (Å²) in [6.45, 7) is 0. The van der Waals surface area contributed by atoms with Crippen molar-refractivity contribution in [1.29, 1.82) is 0 Å². The first-order valence-corrected chi connectivity index (χ1v) is 7.61. The molecule has 0 saturated carbocycles. The molecule has 0 fully saturated rings. The molecule has 0 bridgehead atoms. The summed E-state index contributed by atoms with van der Waals surface area (Å²) >= 11 is 0. The van der Waals surface area contributed by atoms with E-state index in [1.165, 1.54) is 18.2 Å². The van der Waals surface area contributed by atoms with Gasteiger partial charge in [0.05, 0.1) is 0 Å². The molecule has 0 heterocycles. The van der Waals surface area contributed by atoms with E-state index in [2.05, 4.69) is 4.18 Å². The predicted octanol–water partition coefficient (Wildman–Crippen LogP) is 4.22. The average molecular weight is 326 g/mol. The van der Waals surface area contributed by atoms with Crippen molar-refractivity contribution < 1.29 is 25.8 Å². The molecular weight excluding hydrogens is 317 g/mol. The second kappa shape index (κ2) is 4.88. The lowest BCUT2D eigenvalue weighted by molar-refractivity contribution is -0.0500. The van der Waals surface area contributed by atoms with Crippen molar-refractivity contribution >= 4 is 31.7 Å². The number of hydrogen-bond donors (Lipinski definition) is 0. The Bertz CT molecular complexity index is 963. The number of halogens is 3. The SMILES string of the molecule is O=S(=O)(Oc1ccc2ccc3ccccc3c2c1)C(F)(F)F. The molecule has 0 aliphatic rings. The van der Waals surface area contributed by atoms with Gasteiger partial charge in [-0.25, -0.2) is 0 Å². The first-order valence-electron chi connectivity index (χ1n) is 6.20. The van der Waals surface area contributed by atoms with Crippen molar-refractivity contribution in [3.63, 3.8) is 0 Å². The molecule has 0 aromatic heterocycles. The van der Waals surface area contributed by atoms with Gasteiger partial charge in [-0.3, -0.25) is 0 Å². The van der Waals surface area contributed by atoms with Crippen LogP contribution >= 0.6 is 0 Å². The van der Waals surface area contributed by atoms with Crippen LogP contribution in [0.15, 0.2) is 54.6 Å². The summed E-state index contributed by atoms with van der Waals surface area (Å²) in [6.07, 6.45) is 0. The molecule has 114 valence electrons. The van der Waals surface area contributed by atoms with Gasteiger partial charge in [0.1, 0.15) is 5.75 Å². The minimum atomic E-state index is -5.67. The fraction of sp³-hybridized carbons (Fsp3) is 0.0667. The van der Waals surface area contributed by atoms with Gasteiger partial charge < -0.3 is 4.18 Å². The zero-order valence-corrected chi connectivity index (χ0v) is 11.8. The van der Waals surface area contributed by atoms with Crippen molar-refractivity contribution in [2.24, 2.45) is 0 Å². The van der Waals surface area contributed by atoms with E-state index in [-0.39, 0.29) is 5.75 Å². The highest BCUT2D eigenvalue weighted by Gasteiger charge is 2.48. The van der Waals surface area contributed by atoms with Gasteiger partial charge in [0.2, 0.25) is 0 Å². The minimum Gasteiger partial charge on any atom is -0.376 e. The largest absolute Gasteiger partial charge is 0.534 e. The monoisotopic (exact) mass is 326 g/mol. The fourth-order valence-electron chi connectivity index (χ4n) is 2.21. The van der Waals surface area contributed by atoms with Crippen molar-refractivity contribution in [2.45, 2.75) is 5.51 Å². The highest BCUT2D eigenvalue weighted by molar-refractivity contribution is 7.88. The molecule has 0 aliphatic heterocycles. The summed E-state index contributed by atoms with van der Waals surface area (Å²) in [6, 6.07) is 15.0. The van der Waals surface area contributed by atoms with Gasteiger partial charge in [-0.2, -0.15) is 21.6 Å². The number of hydrogen-bond acceptors (Lipinski definition) is 3. The molecule has 3 nitrogen and oxygen atoms in total. The molecule has 0 saturated heterocycles. The van der Waals surface area contributed by atoms with E-state index >= 15 is 0 Å². The number of rotatable bonds is 2. The lowest BCUT2D eigenvalue weighted by atomic mass is 10.0. The van der Waals surface area contributed by atoms with Crippen LogP contribution in [0.5, 0.6) is 5.75 Å². The van der Waals surface area contributed by atoms with Crippen LogP contribution in [0.25, 0.3) is 21.5 Å². The van der Waals surface area contributed by atoms with E-state index < -0.39 is 15.6 Å². The maximum absolute atomic E-state index is 12.4. The van der Waals surface area contributed by atoms with Crippen LogP contribution in [0.2, 0.25) is 0 Å². The third kappa shape index (κ3) is 2.48. The van der Waals surface area contributed by atoms with Crippen LogP contribution in [0.1, 0.15) is 0 Å². The summed E-state index contributed by atoms with van der Waals surface area (Å²) in [5, 5.41) is 3.09. The quantitative estimate of drug-likeness (QED) is 0.402. The molecule has 7 heteroatoms. The van der Waals surface area contributed by atoms with Crippen LogP contribution in [0.3, 0.4) is 0 Å². The third-order valence-corrected chi connectivity index (χ3v) is 4.19. The van der Waals surface area contributed by atoms with E-state index in [0.29, 0.717) is 5.39 Å². The smallest absolute Gasteiger partial charge is 0.376 e. The van der Waals surface area contributed by atoms with Crippen molar-refractivity contribution in [2.75, 3.05) is 0 Å². The van der Waals surface area contributed by atoms with Crippen LogP contribution < -0.4 is 4.18 Å². The van der Waals surface area contributed by atoms with Gasteiger partial charge in [-0.05, 0) is 33.7 Å². The zero-order valence-electron chi connectivity index (χ0n) is 11.0. The molecule has 0 N–H and O–H groups in total. The second-order valence-corrected chi connectivity index (χ2v) is 6.19. The predicted molar refractivity (Wildman–Crippen MR) is 77.1 cm³/mol. The molecule has 3 aromatic rings. The van der Waals surface area contributed by atoms with E-state index in [0.717, 1.165) is 16.2 Å². The summed E-state index contributed by atoms with van der Waals surface area (Å²) in [4.78, 5) is 0. The van der Waals surface area contributed by atoms with Gasteiger partial charge in [0.15, 0.2) is 0 Å². The van der Waals surface area contributed by atoms with Gasteiger partial charge >= 0.3 is 15.6 Å². The van der Waals surface area contributed by atoms with Crippen molar-refractivity contribution in [3.8, 4) is 5.75 Å². The lowest BCUT2D eigenvalue weighted by Gasteiger charge is -2.10. The molecule has 0 amide bonds. The van der Waals surface area contributed by atoms with Gasteiger partial charge in [0, 0.05) is 0 Å². The van der Waals surface area contributed by atoms with Crippen LogP contribution in [-0.4, -0.2) is 13.9 Å². The van der Waals surface area contributed by atoms with Gasteiger partial charge in [-0.15, -0.1) is 0 Å². The topological polar surface area (TPSA) is 43.4 Å². The van der Waals surface area contributed by atoms with E-state index in [1.54, 1.807) is 18.2 Å². The average Bonchev–Trinajstić information content (AvgIpc) is 2.45. The van der Waals surface area contributed by atoms with Crippen molar-refractivity contribution in [3.05, 3.63) is 54.6 Å². The first-order chi connectivity index (χ1) is 10.3. The normalized spacial score (nSPS) is 12.7. The van der Waals surface area contributed by atoms with Gasteiger partial charge in [0.25, 0.3) is 0 Å². The molecule has 0 unspecified atom stereocenters. The van der Waals surface area contributed by atoms with E-state index in [1.807, 2.05) is 18.2 Å². The standard InChI is InChI=1S/C15H9F3O3S/c16-15(17,18)22(19,20)21-12-8-7-11-6-5-10-3-1-2-4-13(10)14(11)9-12/h1-9H. The highest BCUT2D eigenvalue weighted by atomic mass is 32.2. The van der Waals surface area contributed by atoms with E-state index in [9.17, 15) is 21.6 Å². The fourth-order valence-corrected chi connectivity index (χ4v) is 2.66. The maximum atomic E-state index is 12.4. The molecule has 3 aromatic carbocycles. The van der Waals surface area contributed by atoms with Crippen LogP contribution in [0.4, 0.5) is 13.2 Å². The van der Waals surface area contributed by atoms with Crippen LogP contribution in [-0.2, 0) is 10.1 Å². The Morgan fingerprint density at radius 3 is 2.09 bits per heavy atom. The number of fused-ring (bicyclic) bond motifs is 3. The minimum absolute atomic E-state index is 0.374. The molecule has 0 spiro atoms. The Kier molecular flexibility index (Phi) is 3.25. The summed E-state index contributed by atoms with van der Waals surface area (Å²) in [5.41, 5.74) is -5.46. The summed E-state index contributed by atoms with van der Waals surface area (Å²) in [7, 11) is -5.67. The number of benzene rings is 3. The van der Waals surface area contributed by atoms with Crippen molar-refractivity contribution in [1.82, 2.24) is 0 Å². The molecule has 0 aliphatic carbocycles. The zero-order chi connectivity index (χ0) is 16.0. The highest BCUT2D eigenvalue weighted by Crippen LogP contribution is 2.31. The van der Waals surface area contributed by atoms with E-state index in [4.69, 9.17) is 0 Å². The number of alkyl halides is 3. The molecule has 0 radical (unpaired) electrons. The second-order valence-electron chi connectivity index (χ2n) is 4.65. The third-order valence-electron chi connectivity index (χ3n) is 3.21. The summed E-state index contributed by atoms with van der Waals surface area (Å²) in [5.74, 6) is -0.374. The molecule has 0 atom stereocenters. The van der Waals surface area contributed by atoms with Crippen LogP contribution in [0, 0.1) is 0 Å². The Morgan fingerprint density at radius 1 is 0.818 bits per heavy atom. The molecule has 22 heavy (non-hydrogen) atoms. The lowest BCUT2D eigenvalue weighted by Crippen LogP contribution is -2.28. The summed E-state index contributed by atoms with van der Waals surface area (Å²) < 4.78 is 63.4. The Labute approximate surface area is 124 Å². The Balaban J connectivity index is 2.15. The maximum Gasteiger partial charge on any atom is 0.534 e. The first kappa shape index (κ1) is 14.6. The van der Waals surface area contributed by atoms with Gasteiger partial charge in [-0.1, -0.05) is 42.5 Å². The Morgan fingerprint density at radius 2 is 1.41 bits per heavy atom. The Hall–Kier alpha value is -2.28.